The number of hydroxylamine groups is 1. The van der Waals surface area contributed by atoms with Crippen LogP contribution < -0.4 is 5.48 Å². The summed E-state index contributed by atoms with van der Waals surface area (Å²) in [5.41, 5.74) is 2.00. The first-order valence-electron chi connectivity index (χ1n) is 4.72. The van der Waals surface area contributed by atoms with Crippen molar-refractivity contribution in [1.82, 2.24) is 5.48 Å². The molecule has 6 heteroatoms. The molecule has 0 aliphatic carbocycles. The van der Waals surface area contributed by atoms with Crippen LogP contribution >= 0.6 is 11.3 Å². The van der Waals surface area contributed by atoms with Gasteiger partial charge in [0.05, 0.1) is 17.6 Å². The Kier molecular flexibility index (Phi) is 3.08. The topological polar surface area (TPSA) is 75.6 Å². The number of ether oxygens (including phenoxy) is 1. The van der Waals surface area contributed by atoms with Crippen molar-refractivity contribution < 1.29 is 19.5 Å². The van der Waals surface area contributed by atoms with E-state index in [0.717, 1.165) is 10.1 Å². The SMILES string of the molecule is COC(=O)c1ccc2sc(C(=O)NO)cc2c1. The number of carbonyl (C=O) groups excluding carboxylic acids is 2. The fourth-order valence-electron chi connectivity index (χ4n) is 1.46. The monoisotopic (exact) mass is 251 g/mol. The highest BCUT2D eigenvalue weighted by Crippen LogP contribution is 2.26. The van der Waals surface area contributed by atoms with E-state index in [1.807, 2.05) is 0 Å². The summed E-state index contributed by atoms with van der Waals surface area (Å²) in [5, 5.41) is 9.29. The first-order chi connectivity index (χ1) is 8.15. The predicted octanol–water partition coefficient (Wildman–Crippen LogP) is 1.81. The number of fused-ring (bicyclic) bond motifs is 1. The van der Waals surface area contributed by atoms with Gasteiger partial charge in [-0.3, -0.25) is 10.0 Å². The van der Waals surface area contributed by atoms with Gasteiger partial charge in [0.25, 0.3) is 5.91 Å². The lowest BCUT2D eigenvalue weighted by atomic mass is 10.1. The Balaban J connectivity index is 2.48. The second-order valence-electron chi connectivity index (χ2n) is 3.30. The van der Waals surface area contributed by atoms with Crippen molar-refractivity contribution in [2.24, 2.45) is 0 Å². The van der Waals surface area contributed by atoms with Gasteiger partial charge in [-0.1, -0.05) is 0 Å². The summed E-state index contributed by atoms with van der Waals surface area (Å²) in [5.74, 6) is -0.989. The van der Waals surface area contributed by atoms with Crippen LogP contribution in [0.2, 0.25) is 0 Å². The Morgan fingerprint density at radius 1 is 1.35 bits per heavy atom. The Hall–Kier alpha value is -1.92. The van der Waals surface area contributed by atoms with E-state index < -0.39 is 11.9 Å². The largest absolute Gasteiger partial charge is 0.465 e. The molecular formula is C11H9NO4S. The fraction of sp³-hybridized carbons (Fsp3) is 0.0909. The van der Waals surface area contributed by atoms with Crippen molar-refractivity contribution in [3.8, 4) is 0 Å². The van der Waals surface area contributed by atoms with Gasteiger partial charge in [0.2, 0.25) is 0 Å². The van der Waals surface area contributed by atoms with Crippen LogP contribution in [0.25, 0.3) is 10.1 Å². The number of carbonyl (C=O) groups is 2. The molecule has 0 atom stereocenters. The predicted molar refractivity (Wildman–Crippen MR) is 62.4 cm³/mol. The molecule has 0 spiro atoms. The van der Waals surface area contributed by atoms with Crippen molar-refractivity contribution in [3.63, 3.8) is 0 Å². The molecule has 0 unspecified atom stereocenters. The van der Waals surface area contributed by atoms with E-state index >= 15 is 0 Å². The van der Waals surface area contributed by atoms with Gasteiger partial charge in [0, 0.05) is 4.70 Å². The number of hydrogen-bond donors (Lipinski definition) is 2. The highest BCUT2D eigenvalue weighted by molar-refractivity contribution is 7.20. The average molecular weight is 251 g/mol. The maximum atomic E-state index is 11.3. The minimum atomic E-state index is -0.564. The number of benzene rings is 1. The summed E-state index contributed by atoms with van der Waals surface area (Å²) in [6.07, 6.45) is 0. The molecule has 17 heavy (non-hydrogen) atoms. The van der Waals surface area contributed by atoms with Crippen LogP contribution in [-0.4, -0.2) is 24.2 Å². The van der Waals surface area contributed by atoms with Gasteiger partial charge in [-0.15, -0.1) is 11.3 Å². The number of thiophene rings is 1. The third-order valence-corrected chi connectivity index (χ3v) is 3.38. The van der Waals surface area contributed by atoms with E-state index in [-0.39, 0.29) is 0 Å². The van der Waals surface area contributed by atoms with E-state index in [1.54, 1.807) is 29.7 Å². The molecule has 2 N–H and O–H groups in total. The maximum Gasteiger partial charge on any atom is 0.337 e. The normalized spacial score (nSPS) is 10.2. The van der Waals surface area contributed by atoms with Gasteiger partial charge < -0.3 is 4.74 Å². The Morgan fingerprint density at radius 2 is 2.12 bits per heavy atom. The average Bonchev–Trinajstić information content (AvgIpc) is 2.79. The molecule has 0 saturated heterocycles. The van der Waals surface area contributed by atoms with Crippen molar-refractivity contribution in [2.75, 3.05) is 7.11 Å². The van der Waals surface area contributed by atoms with Crippen molar-refractivity contribution >= 4 is 33.3 Å². The molecule has 0 aliphatic heterocycles. The second kappa shape index (κ2) is 4.52. The van der Waals surface area contributed by atoms with Crippen LogP contribution in [0.3, 0.4) is 0 Å². The molecule has 1 aromatic heterocycles. The Bertz CT molecular complexity index is 576. The number of hydrogen-bond acceptors (Lipinski definition) is 5. The molecule has 2 aromatic rings. The molecule has 0 aliphatic rings. The van der Waals surface area contributed by atoms with Crippen molar-refractivity contribution in [1.29, 1.82) is 0 Å². The second-order valence-corrected chi connectivity index (χ2v) is 4.38. The lowest BCUT2D eigenvalue weighted by molar-refractivity contribution is 0.0600. The number of nitrogens with one attached hydrogen (secondary N) is 1. The number of esters is 1. The zero-order valence-corrected chi connectivity index (χ0v) is 9.71. The molecule has 88 valence electrons. The van der Waals surface area contributed by atoms with Gasteiger partial charge in [-0.25, -0.2) is 10.3 Å². The van der Waals surface area contributed by atoms with Crippen LogP contribution in [0.15, 0.2) is 24.3 Å². The Labute approximate surface area is 101 Å². The smallest absolute Gasteiger partial charge is 0.337 e. The van der Waals surface area contributed by atoms with E-state index in [4.69, 9.17) is 5.21 Å². The number of amides is 1. The van der Waals surface area contributed by atoms with E-state index in [1.165, 1.54) is 18.4 Å². The van der Waals surface area contributed by atoms with Crippen molar-refractivity contribution in [2.45, 2.75) is 0 Å². The van der Waals surface area contributed by atoms with E-state index in [0.29, 0.717) is 10.4 Å². The van der Waals surface area contributed by atoms with Gasteiger partial charge in [-0.05, 0) is 29.7 Å². The summed E-state index contributed by atoms with van der Waals surface area (Å²) >= 11 is 1.23. The van der Waals surface area contributed by atoms with Crippen LogP contribution in [-0.2, 0) is 4.74 Å². The minimum Gasteiger partial charge on any atom is -0.465 e. The quantitative estimate of drug-likeness (QED) is 0.485. The van der Waals surface area contributed by atoms with Gasteiger partial charge >= 0.3 is 5.97 Å². The standard InChI is InChI=1S/C11H9NO4S/c1-16-11(14)6-2-3-8-7(4-6)5-9(17-8)10(13)12-15/h2-5,15H,1H3,(H,12,13). The number of methoxy groups -OCH3 is 1. The highest BCUT2D eigenvalue weighted by Gasteiger charge is 2.11. The fourth-order valence-corrected chi connectivity index (χ4v) is 2.39. The molecule has 1 aromatic carbocycles. The van der Waals surface area contributed by atoms with Crippen LogP contribution in [0.1, 0.15) is 20.0 Å². The van der Waals surface area contributed by atoms with Crippen LogP contribution in [0.4, 0.5) is 0 Å². The lowest BCUT2D eigenvalue weighted by Gasteiger charge is -1.97. The summed E-state index contributed by atoms with van der Waals surface area (Å²) in [6, 6.07) is 6.62. The minimum absolute atomic E-state index is 0.379. The summed E-state index contributed by atoms with van der Waals surface area (Å²) in [7, 11) is 1.31. The molecule has 2 rings (SSSR count). The molecule has 1 heterocycles. The summed E-state index contributed by atoms with van der Waals surface area (Å²) in [6.45, 7) is 0. The molecule has 0 fully saturated rings. The molecule has 1 amide bonds. The molecular weight excluding hydrogens is 242 g/mol. The summed E-state index contributed by atoms with van der Waals surface area (Å²) < 4.78 is 5.46. The van der Waals surface area contributed by atoms with E-state index in [9.17, 15) is 9.59 Å². The first-order valence-corrected chi connectivity index (χ1v) is 5.53. The highest BCUT2D eigenvalue weighted by atomic mass is 32.1. The molecule has 0 radical (unpaired) electrons. The van der Waals surface area contributed by atoms with Crippen LogP contribution in [0, 0.1) is 0 Å². The van der Waals surface area contributed by atoms with Gasteiger partial charge in [0.15, 0.2) is 0 Å². The lowest BCUT2D eigenvalue weighted by Crippen LogP contribution is -2.16. The van der Waals surface area contributed by atoms with Crippen molar-refractivity contribution in [3.05, 3.63) is 34.7 Å². The third kappa shape index (κ3) is 2.13. The van der Waals surface area contributed by atoms with Crippen LogP contribution in [0.5, 0.6) is 0 Å². The van der Waals surface area contributed by atoms with Gasteiger partial charge in [0.1, 0.15) is 0 Å². The zero-order valence-electron chi connectivity index (χ0n) is 8.89. The number of rotatable bonds is 2. The summed E-state index contributed by atoms with van der Waals surface area (Å²) in [4.78, 5) is 22.9. The third-order valence-electron chi connectivity index (χ3n) is 2.26. The first kappa shape index (κ1) is 11.6. The molecule has 0 bridgehead atoms. The molecule has 0 saturated carbocycles. The zero-order chi connectivity index (χ0) is 12.4. The Morgan fingerprint density at radius 3 is 2.76 bits per heavy atom. The van der Waals surface area contributed by atoms with E-state index in [2.05, 4.69) is 4.74 Å². The molecule has 5 nitrogen and oxygen atoms in total. The maximum absolute atomic E-state index is 11.3. The van der Waals surface area contributed by atoms with Gasteiger partial charge in [-0.2, -0.15) is 0 Å².